The Hall–Kier alpha value is -2.01. The maximum absolute atomic E-state index is 5.35. The summed E-state index contributed by atoms with van der Waals surface area (Å²) in [6.07, 6.45) is 3.52. The van der Waals surface area contributed by atoms with Crippen molar-refractivity contribution in [1.29, 1.82) is 0 Å². The van der Waals surface area contributed by atoms with Crippen LogP contribution < -0.4 is 10.2 Å². The molecule has 5 heteroatoms. The van der Waals surface area contributed by atoms with Gasteiger partial charge in [0.1, 0.15) is 0 Å². The van der Waals surface area contributed by atoms with E-state index in [-0.39, 0.29) is 0 Å². The molecule has 0 amide bonds. The lowest BCUT2D eigenvalue weighted by Crippen LogP contribution is -2.36. The molecular formula is C13H16N4O. The molecule has 0 spiro atoms. The standard InChI is InChI=1S/C13H16N4O/c1-3-12(17-7-9-18-10-8-17)4-2-11(1)16-13-14-5-6-15-13/h1-6H,7-10H2,(H2,14,15,16). The number of morpholine rings is 1. The van der Waals surface area contributed by atoms with E-state index in [0.717, 1.165) is 37.9 Å². The van der Waals surface area contributed by atoms with Gasteiger partial charge in [-0.05, 0) is 24.3 Å². The van der Waals surface area contributed by atoms with Crippen LogP contribution in [0.5, 0.6) is 0 Å². The number of H-pyrrole nitrogens is 1. The van der Waals surface area contributed by atoms with Crippen molar-refractivity contribution in [1.82, 2.24) is 9.97 Å². The van der Waals surface area contributed by atoms with E-state index in [0.29, 0.717) is 0 Å². The normalized spacial score (nSPS) is 15.7. The third kappa shape index (κ3) is 2.46. The number of nitrogens with one attached hydrogen (secondary N) is 2. The van der Waals surface area contributed by atoms with Crippen molar-refractivity contribution >= 4 is 17.3 Å². The van der Waals surface area contributed by atoms with Crippen molar-refractivity contribution in [2.24, 2.45) is 0 Å². The van der Waals surface area contributed by atoms with Crippen LogP contribution in [0.2, 0.25) is 0 Å². The van der Waals surface area contributed by atoms with Gasteiger partial charge >= 0.3 is 0 Å². The van der Waals surface area contributed by atoms with Gasteiger partial charge in [-0.1, -0.05) is 0 Å². The molecule has 3 rings (SSSR count). The Morgan fingerprint density at radius 1 is 1.17 bits per heavy atom. The van der Waals surface area contributed by atoms with E-state index in [4.69, 9.17) is 4.74 Å². The first kappa shape index (κ1) is 11.1. The van der Waals surface area contributed by atoms with Crippen molar-refractivity contribution in [2.75, 3.05) is 36.5 Å². The Labute approximate surface area is 106 Å². The van der Waals surface area contributed by atoms with Gasteiger partial charge in [0.15, 0.2) is 0 Å². The first-order valence-electron chi connectivity index (χ1n) is 6.11. The van der Waals surface area contributed by atoms with E-state index in [9.17, 15) is 0 Å². The molecule has 5 nitrogen and oxygen atoms in total. The van der Waals surface area contributed by atoms with E-state index in [2.05, 4.69) is 44.5 Å². The number of hydrogen-bond donors (Lipinski definition) is 2. The molecule has 0 aliphatic carbocycles. The summed E-state index contributed by atoms with van der Waals surface area (Å²) in [5, 5.41) is 3.20. The molecule has 2 heterocycles. The first-order valence-corrected chi connectivity index (χ1v) is 6.11. The molecule has 0 radical (unpaired) electrons. The number of anilines is 3. The van der Waals surface area contributed by atoms with Gasteiger partial charge < -0.3 is 19.9 Å². The van der Waals surface area contributed by atoms with Gasteiger partial charge in [-0.15, -0.1) is 0 Å². The van der Waals surface area contributed by atoms with Crippen LogP contribution in [0.15, 0.2) is 36.7 Å². The maximum atomic E-state index is 5.35. The SMILES string of the molecule is c1c[nH]c(Nc2ccc(N3CCOCC3)cc2)n1. The van der Waals surface area contributed by atoms with E-state index < -0.39 is 0 Å². The van der Waals surface area contributed by atoms with Crippen LogP contribution in [0.1, 0.15) is 0 Å². The van der Waals surface area contributed by atoms with Gasteiger partial charge in [0, 0.05) is 36.9 Å². The largest absolute Gasteiger partial charge is 0.378 e. The zero-order valence-electron chi connectivity index (χ0n) is 10.1. The average Bonchev–Trinajstić information content (AvgIpc) is 2.94. The van der Waals surface area contributed by atoms with Crippen LogP contribution in [-0.4, -0.2) is 36.3 Å². The van der Waals surface area contributed by atoms with E-state index in [1.54, 1.807) is 12.4 Å². The monoisotopic (exact) mass is 244 g/mol. The summed E-state index contributed by atoms with van der Waals surface area (Å²) in [5.74, 6) is 0.758. The zero-order chi connectivity index (χ0) is 12.2. The highest BCUT2D eigenvalue weighted by Gasteiger charge is 2.10. The molecule has 18 heavy (non-hydrogen) atoms. The highest BCUT2D eigenvalue weighted by Crippen LogP contribution is 2.20. The quantitative estimate of drug-likeness (QED) is 0.867. The van der Waals surface area contributed by atoms with Crippen LogP contribution in [0.3, 0.4) is 0 Å². The summed E-state index contributed by atoms with van der Waals surface area (Å²) in [7, 11) is 0. The van der Waals surface area contributed by atoms with Crippen molar-refractivity contribution < 1.29 is 4.74 Å². The minimum absolute atomic E-state index is 0.758. The molecule has 2 aromatic rings. The minimum atomic E-state index is 0.758. The summed E-state index contributed by atoms with van der Waals surface area (Å²) in [4.78, 5) is 9.48. The lowest BCUT2D eigenvalue weighted by Gasteiger charge is -2.28. The summed E-state index contributed by atoms with van der Waals surface area (Å²) in [6.45, 7) is 3.55. The number of aromatic amines is 1. The van der Waals surface area contributed by atoms with E-state index in [1.165, 1.54) is 5.69 Å². The molecule has 1 aromatic heterocycles. The van der Waals surface area contributed by atoms with Crippen molar-refractivity contribution in [3.05, 3.63) is 36.7 Å². The van der Waals surface area contributed by atoms with Gasteiger partial charge in [-0.2, -0.15) is 0 Å². The van der Waals surface area contributed by atoms with Crippen LogP contribution in [0.4, 0.5) is 17.3 Å². The number of aromatic nitrogens is 2. The lowest BCUT2D eigenvalue weighted by atomic mass is 10.2. The van der Waals surface area contributed by atoms with Crippen LogP contribution >= 0.6 is 0 Å². The molecule has 1 aliphatic rings. The number of hydrogen-bond acceptors (Lipinski definition) is 4. The molecular weight excluding hydrogens is 228 g/mol. The van der Waals surface area contributed by atoms with Gasteiger partial charge in [0.2, 0.25) is 5.95 Å². The fourth-order valence-electron chi connectivity index (χ4n) is 2.05. The third-order valence-electron chi connectivity index (χ3n) is 3.00. The summed E-state index contributed by atoms with van der Waals surface area (Å²) < 4.78 is 5.35. The maximum Gasteiger partial charge on any atom is 0.204 e. The Kier molecular flexibility index (Phi) is 3.14. The van der Waals surface area contributed by atoms with Gasteiger partial charge in [0.05, 0.1) is 13.2 Å². The number of rotatable bonds is 3. The van der Waals surface area contributed by atoms with Crippen molar-refractivity contribution in [3.63, 3.8) is 0 Å². The van der Waals surface area contributed by atoms with Crippen molar-refractivity contribution in [2.45, 2.75) is 0 Å². The fraction of sp³-hybridized carbons (Fsp3) is 0.308. The summed E-state index contributed by atoms with van der Waals surface area (Å²) in [6, 6.07) is 8.37. The smallest absolute Gasteiger partial charge is 0.204 e. The van der Waals surface area contributed by atoms with Gasteiger partial charge in [-0.25, -0.2) is 4.98 Å². The van der Waals surface area contributed by atoms with E-state index >= 15 is 0 Å². The fourth-order valence-corrected chi connectivity index (χ4v) is 2.05. The number of imidazole rings is 1. The third-order valence-corrected chi connectivity index (χ3v) is 3.00. The Morgan fingerprint density at radius 2 is 1.94 bits per heavy atom. The second-order valence-electron chi connectivity index (χ2n) is 4.21. The molecule has 1 fully saturated rings. The molecule has 0 bridgehead atoms. The Balaban J connectivity index is 1.68. The van der Waals surface area contributed by atoms with Crippen LogP contribution in [0.25, 0.3) is 0 Å². The van der Waals surface area contributed by atoms with Crippen LogP contribution in [-0.2, 0) is 4.74 Å². The predicted molar refractivity (Wildman–Crippen MR) is 71.3 cm³/mol. The predicted octanol–water partition coefficient (Wildman–Crippen LogP) is 1.99. The van der Waals surface area contributed by atoms with Crippen molar-refractivity contribution in [3.8, 4) is 0 Å². The number of ether oxygens (including phenoxy) is 1. The van der Waals surface area contributed by atoms with Crippen LogP contribution in [0, 0.1) is 0 Å². The molecule has 0 unspecified atom stereocenters. The molecule has 1 saturated heterocycles. The molecule has 1 aliphatic heterocycles. The molecule has 94 valence electrons. The highest BCUT2D eigenvalue weighted by atomic mass is 16.5. The first-order chi connectivity index (χ1) is 8.92. The molecule has 0 atom stereocenters. The Morgan fingerprint density at radius 3 is 2.61 bits per heavy atom. The Bertz CT molecular complexity index is 474. The zero-order valence-corrected chi connectivity index (χ0v) is 10.1. The van der Waals surface area contributed by atoms with E-state index in [1.807, 2.05) is 0 Å². The average molecular weight is 244 g/mol. The topological polar surface area (TPSA) is 53.2 Å². The minimum Gasteiger partial charge on any atom is -0.378 e. The summed E-state index contributed by atoms with van der Waals surface area (Å²) >= 11 is 0. The lowest BCUT2D eigenvalue weighted by molar-refractivity contribution is 0.122. The molecule has 2 N–H and O–H groups in total. The molecule has 0 saturated carbocycles. The number of benzene rings is 1. The highest BCUT2D eigenvalue weighted by molar-refractivity contribution is 5.59. The second kappa shape index (κ2) is 5.10. The second-order valence-corrected chi connectivity index (χ2v) is 4.21. The molecule has 1 aromatic carbocycles. The summed E-state index contributed by atoms with van der Waals surface area (Å²) in [5.41, 5.74) is 2.27. The van der Waals surface area contributed by atoms with Gasteiger partial charge in [0.25, 0.3) is 0 Å². The number of nitrogens with zero attached hydrogens (tertiary/aromatic N) is 2. The van der Waals surface area contributed by atoms with Gasteiger partial charge in [-0.3, -0.25) is 0 Å².